The number of aliphatic hydroxyl groups is 1. The molecule has 0 spiro atoms. The SMILES string of the molecule is C[C@H](C(=O)[C@H]1CC[C@H]2[C@@H]3CC[C@@H]4C[C@](C)(O)CC[C@@H]4[C@H]3CC[C@]12C)n1nnc2ccccc21. The van der Waals surface area contributed by atoms with Gasteiger partial charge in [0.2, 0.25) is 0 Å². The number of hydrogen-bond donors (Lipinski definition) is 1. The molecule has 4 aliphatic carbocycles. The van der Waals surface area contributed by atoms with E-state index in [1.807, 2.05) is 42.8 Å². The van der Waals surface area contributed by atoms with Crippen LogP contribution >= 0.6 is 0 Å². The van der Waals surface area contributed by atoms with Crippen molar-refractivity contribution in [2.75, 3.05) is 0 Å². The van der Waals surface area contributed by atoms with E-state index in [1.165, 1.54) is 38.5 Å². The van der Waals surface area contributed by atoms with Crippen molar-refractivity contribution >= 4 is 16.8 Å². The highest BCUT2D eigenvalue weighted by Gasteiger charge is 2.59. The fourth-order valence-electron chi connectivity index (χ4n) is 9.13. The average molecular weight is 450 g/mol. The Morgan fingerprint density at radius 3 is 2.67 bits per heavy atom. The number of ketones is 1. The summed E-state index contributed by atoms with van der Waals surface area (Å²) < 4.78 is 1.85. The van der Waals surface area contributed by atoms with E-state index in [0.29, 0.717) is 17.6 Å². The van der Waals surface area contributed by atoms with Gasteiger partial charge < -0.3 is 5.11 Å². The van der Waals surface area contributed by atoms with Gasteiger partial charge in [-0.2, -0.15) is 0 Å². The number of nitrogens with zero attached hydrogens (tertiary/aromatic N) is 3. The van der Waals surface area contributed by atoms with E-state index in [2.05, 4.69) is 17.2 Å². The number of carbonyl (C=O) groups is 1. The lowest BCUT2D eigenvalue weighted by atomic mass is 9.49. The Morgan fingerprint density at radius 1 is 1.03 bits per heavy atom. The summed E-state index contributed by atoms with van der Waals surface area (Å²) in [6.45, 7) is 6.50. The van der Waals surface area contributed by atoms with Crippen LogP contribution in [0, 0.1) is 40.9 Å². The van der Waals surface area contributed by atoms with Crippen LogP contribution in [-0.2, 0) is 4.79 Å². The van der Waals surface area contributed by atoms with Gasteiger partial charge in [-0.15, -0.1) is 5.10 Å². The van der Waals surface area contributed by atoms with E-state index in [-0.39, 0.29) is 17.4 Å². The van der Waals surface area contributed by atoms with Crippen molar-refractivity contribution in [2.45, 2.75) is 90.2 Å². The molecular formula is C28H39N3O2. The van der Waals surface area contributed by atoms with Crippen LogP contribution in [0.3, 0.4) is 0 Å². The van der Waals surface area contributed by atoms with Gasteiger partial charge in [0.1, 0.15) is 11.6 Å². The van der Waals surface area contributed by atoms with E-state index in [9.17, 15) is 9.90 Å². The largest absolute Gasteiger partial charge is 0.390 e. The molecule has 4 fully saturated rings. The van der Waals surface area contributed by atoms with E-state index in [4.69, 9.17) is 0 Å². The maximum absolute atomic E-state index is 13.9. The van der Waals surface area contributed by atoms with Crippen LogP contribution in [0.15, 0.2) is 24.3 Å². The lowest BCUT2D eigenvalue weighted by molar-refractivity contribution is -0.135. The molecule has 0 amide bonds. The van der Waals surface area contributed by atoms with Gasteiger partial charge in [0.25, 0.3) is 0 Å². The standard InChI is InChI=1S/C28H39N3O2/c1-17(31-25-7-5-4-6-24(25)29-30-31)26(32)23-11-10-22-21-9-8-18-16-27(2,33)14-12-19(18)20(21)13-15-28(22,23)3/h4-7,17-23,33H,8-16H2,1-3H3/t17-,18-,19+,20-,21-,22+,23-,27-,28+/m1/s1. The number of para-hydroxylation sites is 1. The van der Waals surface area contributed by atoms with Crippen molar-refractivity contribution in [1.29, 1.82) is 0 Å². The molecule has 0 saturated heterocycles. The van der Waals surface area contributed by atoms with Crippen LogP contribution in [0.5, 0.6) is 0 Å². The summed E-state index contributed by atoms with van der Waals surface area (Å²) >= 11 is 0. The zero-order chi connectivity index (χ0) is 23.0. The third-order valence-electron chi connectivity index (χ3n) is 10.7. The molecule has 5 heteroatoms. The summed E-state index contributed by atoms with van der Waals surface area (Å²) in [4.78, 5) is 13.9. The van der Waals surface area contributed by atoms with E-state index >= 15 is 0 Å². The van der Waals surface area contributed by atoms with Gasteiger partial charge in [0.15, 0.2) is 5.78 Å². The second-order valence-corrected chi connectivity index (χ2v) is 12.5. The monoisotopic (exact) mass is 449 g/mol. The third kappa shape index (κ3) is 3.32. The highest BCUT2D eigenvalue weighted by atomic mass is 16.3. The van der Waals surface area contributed by atoms with Gasteiger partial charge in [0.05, 0.1) is 11.1 Å². The molecule has 2 aromatic rings. The number of carbonyl (C=O) groups excluding carboxylic acids is 1. The predicted molar refractivity (Wildman–Crippen MR) is 128 cm³/mol. The summed E-state index contributed by atoms with van der Waals surface area (Å²) in [6.07, 6.45) is 10.4. The zero-order valence-corrected chi connectivity index (χ0v) is 20.4. The molecule has 4 aliphatic rings. The Morgan fingerprint density at radius 2 is 1.82 bits per heavy atom. The maximum Gasteiger partial charge on any atom is 0.160 e. The summed E-state index contributed by atoms with van der Waals surface area (Å²) in [7, 11) is 0. The Hall–Kier alpha value is -1.75. The van der Waals surface area contributed by atoms with Crippen LogP contribution in [0.2, 0.25) is 0 Å². The molecule has 0 unspecified atom stereocenters. The molecular weight excluding hydrogens is 410 g/mol. The van der Waals surface area contributed by atoms with Crippen molar-refractivity contribution in [1.82, 2.24) is 15.0 Å². The zero-order valence-electron chi connectivity index (χ0n) is 20.4. The lowest BCUT2D eigenvalue weighted by Gasteiger charge is -2.57. The summed E-state index contributed by atoms with van der Waals surface area (Å²) in [5.41, 5.74) is 1.48. The van der Waals surface area contributed by atoms with Crippen molar-refractivity contribution in [3.05, 3.63) is 24.3 Å². The van der Waals surface area contributed by atoms with Crippen LogP contribution in [-0.4, -0.2) is 31.5 Å². The van der Waals surface area contributed by atoms with Crippen LogP contribution in [0.1, 0.15) is 84.6 Å². The Labute approximate surface area is 197 Å². The number of fused-ring (bicyclic) bond motifs is 6. The Balaban J connectivity index is 1.22. The van der Waals surface area contributed by atoms with E-state index < -0.39 is 5.60 Å². The molecule has 1 aromatic heterocycles. The smallest absolute Gasteiger partial charge is 0.160 e. The average Bonchev–Trinajstić information content (AvgIpc) is 3.38. The van der Waals surface area contributed by atoms with Crippen LogP contribution in [0.4, 0.5) is 0 Å². The summed E-state index contributed by atoms with van der Waals surface area (Å²) in [5, 5.41) is 19.3. The fourth-order valence-corrected chi connectivity index (χ4v) is 9.13. The highest BCUT2D eigenvalue weighted by Crippen LogP contribution is 2.65. The molecule has 9 atom stereocenters. The number of benzene rings is 1. The van der Waals surface area contributed by atoms with E-state index in [1.54, 1.807) is 0 Å². The Kier molecular flexibility index (Phi) is 5.03. The molecule has 1 heterocycles. The van der Waals surface area contributed by atoms with Crippen molar-refractivity contribution in [3.63, 3.8) is 0 Å². The fraction of sp³-hybridized carbons (Fsp3) is 0.750. The number of Topliss-reactive ketones (excluding diaryl/α,β-unsaturated/α-hetero) is 1. The van der Waals surface area contributed by atoms with Gasteiger partial charge >= 0.3 is 0 Å². The summed E-state index contributed by atoms with van der Waals surface area (Å²) in [5.74, 6) is 4.25. The molecule has 1 aromatic carbocycles. The molecule has 6 rings (SSSR count). The lowest BCUT2D eigenvalue weighted by Crippen LogP contribution is -2.51. The first-order chi connectivity index (χ1) is 15.8. The molecule has 33 heavy (non-hydrogen) atoms. The number of hydrogen-bond acceptors (Lipinski definition) is 4. The first-order valence-electron chi connectivity index (χ1n) is 13.3. The maximum atomic E-state index is 13.9. The van der Waals surface area contributed by atoms with Gasteiger partial charge in [-0.1, -0.05) is 24.3 Å². The molecule has 0 aliphatic heterocycles. The highest BCUT2D eigenvalue weighted by molar-refractivity contribution is 5.87. The topological polar surface area (TPSA) is 68.0 Å². The van der Waals surface area contributed by atoms with Gasteiger partial charge in [-0.3, -0.25) is 4.79 Å². The molecule has 0 bridgehead atoms. The Bertz CT molecular complexity index is 1060. The van der Waals surface area contributed by atoms with Crippen molar-refractivity contribution < 1.29 is 9.90 Å². The molecule has 0 radical (unpaired) electrons. The van der Waals surface area contributed by atoms with Crippen molar-refractivity contribution in [2.24, 2.45) is 40.9 Å². The normalized spacial score (nSPS) is 43.5. The van der Waals surface area contributed by atoms with Crippen molar-refractivity contribution in [3.8, 4) is 0 Å². The molecule has 178 valence electrons. The molecule has 1 N–H and O–H groups in total. The third-order valence-corrected chi connectivity index (χ3v) is 10.7. The molecule has 5 nitrogen and oxygen atoms in total. The summed E-state index contributed by atoms with van der Waals surface area (Å²) in [6, 6.07) is 7.67. The van der Waals surface area contributed by atoms with Crippen LogP contribution < -0.4 is 0 Å². The van der Waals surface area contributed by atoms with E-state index in [0.717, 1.165) is 48.0 Å². The van der Waals surface area contributed by atoms with Gasteiger partial charge in [-0.05, 0) is 119 Å². The minimum atomic E-state index is -0.455. The first-order valence-corrected chi connectivity index (χ1v) is 13.3. The number of aromatic nitrogens is 3. The minimum absolute atomic E-state index is 0.121. The first kappa shape index (κ1) is 21.8. The number of rotatable bonds is 3. The second-order valence-electron chi connectivity index (χ2n) is 12.5. The molecule has 4 saturated carbocycles. The van der Waals surface area contributed by atoms with Gasteiger partial charge in [-0.25, -0.2) is 4.68 Å². The predicted octanol–water partition coefficient (Wildman–Crippen LogP) is 5.58. The minimum Gasteiger partial charge on any atom is -0.390 e. The van der Waals surface area contributed by atoms with Gasteiger partial charge in [0, 0.05) is 5.92 Å². The second kappa shape index (κ2) is 7.63. The van der Waals surface area contributed by atoms with Crippen LogP contribution in [0.25, 0.3) is 11.0 Å². The quantitative estimate of drug-likeness (QED) is 0.664.